The van der Waals surface area contributed by atoms with Gasteiger partial charge in [0.2, 0.25) is 5.91 Å². The predicted molar refractivity (Wildman–Crippen MR) is 115 cm³/mol. The summed E-state index contributed by atoms with van der Waals surface area (Å²) in [5.41, 5.74) is 5.78. The average Bonchev–Trinajstić information content (AvgIpc) is 2.64. The van der Waals surface area contributed by atoms with Gasteiger partial charge in [-0.2, -0.15) is 0 Å². The molecular weight excluding hydrogens is 408 g/mol. The minimum absolute atomic E-state index is 0. The summed E-state index contributed by atoms with van der Waals surface area (Å²) in [6.45, 7) is 2.80. The van der Waals surface area contributed by atoms with E-state index in [1.54, 1.807) is 23.3 Å². The highest BCUT2D eigenvalue weighted by atomic mass is 79.9. The molecule has 0 aromatic rings. The maximum absolute atomic E-state index is 11.8. The van der Waals surface area contributed by atoms with Crippen LogP contribution in [0, 0.1) is 0 Å². The summed E-state index contributed by atoms with van der Waals surface area (Å²) >= 11 is 0. The van der Waals surface area contributed by atoms with Gasteiger partial charge in [-0.3, -0.25) is 9.59 Å². The van der Waals surface area contributed by atoms with Crippen molar-refractivity contribution < 1.29 is 14.3 Å². The van der Waals surface area contributed by atoms with Gasteiger partial charge in [-0.25, -0.2) is 0 Å². The van der Waals surface area contributed by atoms with Crippen molar-refractivity contribution in [2.75, 3.05) is 13.3 Å². The summed E-state index contributed by atoms with van der Waals surface area (Å²) in [4.78, 5) is 24.7. The van der Waals surface area contributed by atoms with Crippen LogP contribution in [0.3, 0.4) is 0 Å². The van der Waals surface area contributed by atoms with Gasteiger partial charge in [-0.05, 0) is 12.5 Å². The third-order valence-electron chi connectivity index (χ3n) is 4.66. The number of hydrogen-bond acceptors (Lipinski definition) is 4. The van der Waals surface area contributed by atoms with Crippen LogP contribution in [0.25, 0.3) is 0 Å². The van der Waals surface area contributed by atoms with Gasteiger partial charge in [0, 0.05) is 18.2 Å². The Balaban J connectivity index is 0.00000676. The maximum Gasteiger partial charge on any atom is 0.307 e. The van der Waals surface area contributed by atoms with Crippen molar-refractivity contribution in [1.82, 2.24) is 4.90 Å². The van der Waals surface area contributed by atoms with Crippen molar-refractivity contribution in [3.63, 3.8) is 0 Å². The zero-order valence-electron chi connectivity index (χ0n) is 16.8. The first-order chi connectivity index (χ1) is 12.6. The average molecular weight is 445 g/mol. The Bertz CT molecular complexity index is 478. The molecule has 0 aromatic carbocycles. The quantitative estimate of drug-likeness (QED) is 0.284. The second-order valence-electron chi connectivity index (χ2n) is 7.08. The van der Waals surface area contributed by atoms with E-state index in [1.165, 1.54) is 57.8 Å². The van der Waals surface area contributed by atoms with Crippen molar-refractivity contribution in [3.05, 3.63) is 23.9 Å². The summed E-state index contributed by atoms with van der Waals surface area (Å²) in [7, 11) is 0. The fourth-order valence-corrected chi connectivity index (χ4v) is 3.01. The molecule has 0 aromatic heterocycles. The van der Waals surface area contributed by atoms with E-state index >= 15 is 0 Å². The molecule has 1 aliphatic rings. The summed E-state index contributed by atoms with van der Waals surface area (Å²) in [5, 5.41) is 0. The van der Waals surface area contributed by atoms with E-state index in [2.05, 4.69) is 6.92 Å². The highest BCUT2D eigenvalue weighted by Crippen LogP contribution is 2.12. The lowest BCUT2D eigenvalue weighted by Gasteiger charge is -2.22. The maximum atomic E-state index is 11.8. The molecular formula is C21H37BrN2O3. The number of halogens is 1. The van der Waals surface area contributed by atoms with Crippen LogP contribution >= 0.6 is 17.0 Å². The van der Waals surface area contributed by atoms with Gasteiger partial charge < -0.3 is 15.4 Å². The zero-order chi connectivity index (χ0) is 19.0. The molecule has 0 radical (unpaired) electrons. The second-order valence-corrected chi connectivity index (χ2v) is 7.08. The standard InChI is InChI=1S/C21H36N2O3.BrH/c1-2-3-4-5-6-7-8-9-10-11-12-15-20(24)26-18-23-16-13-14-19(17-23)21(22)25;/h13-14,16H,2-12,15,17-18H2,1H3,(H2,22,25);1H. The lowest BCUT2D eigenvalue weighted by atomic mass is 10.1. The number of carbonyl (C=O) groups excluding carboxylic acids is 2. The molecule has 156 valence electrons. The SMILES string of the molecule is Br.CCCCCCCCCCCCCC(=O)OCN1C=CC=C(C(N)=O)C1. The number of amides is 1. The number of ether oxygens (including phenoxy) is 1. The minimum Gasteiger partial charge on any atom is -0.444 e. The zero-order valence-corrected chi connectivity index (χ0v) is 18.5. The molecule has 5 nitrogen and oxygen atoms in total. The molecule has 0 spiro atoms. The molecule has 1 aliphatic heterocycles. The van der Waals surface area contributed by atoms with E-state index in [-0.39, 0.29) is 29.7 Å². The van der Waals surface area contributed by atoms with E-state index < -0.39 is 5.91 Å². The Morgan fingerprint density at radius 3 is 2.11 bits per heavy atom. The first-order valence-corrected chi connectivity index (χ1v) is 10.2. The second kappa shape index (κ2) is 16.8. The largest absolute Gasteiger partial charge is 0.444 e. The lowest BCUT2D eigenvalue weighted by Crippen LogP contribution is -2.31. The van der Waals surface area contributed by atoms with E-state index in [0.717, 1.165) is 12.8 Å². The number of esters is 1. The summed E-state index contributed by atoms with van der Waals surface area (Å²) in [6.07, 6.45) is 19.6. The highest BCUT2D eigenvalue weighted by Gasteiger charge is 2.13. The highest BCUT2D eigenvalue weighted by molar-refractivity contribution is 8.93. The Hall–Kier alpha value is -1.30. The van der Waals surface area contributed by atoms with Crippen molar-refractivity contribution in [1.29, 1.82) is 0 Å². The fraction of sp³-hybridized carbons (Fsp3) is 0.714. The summed E-state index contributed by atoms with van der Waals surface area (Å²) in [5.74, 6) is -0.615. The van der Waals surface area contributed by atoms with Gasteiger partial charge >= 0.3 is 5.97 Å². The topological polar surface area (TPSA) is 72.6 Å². The number of rotatable bonds is 15. The van der Waals surface area contributed by atoms with Crippen LogP contribution in [0.4, 0.5) is 0 Å². The van der Waals surface area contributed by atoms with Crippen molar-refractivity contribution in [2.24, 2.45) is 5.73 Å². The smallest absolute Gasteiger partial charge is 0.307 e. The number of nitrogens with two attached hydrogens (primary N) is 1. The van der Waals surface area contributed by atoms with Crippen LogP contribution in [-0.2, 0) is 14.3 Å². The van der Waals surface area contributed by atoms with Crippen molar-refractivity contribution in [2.45, 2.75) is 84.0 Å². The van der Waals surface area contributed by atoms with Gasteiger partial charge in [0.25, 0.3) is 0 Å². The minimum atomic E-state index is -0.438. The van der Waals surface area contributed by atoms with E-state index in [0.29, 0.717) is 18.5 Å². The lowest BCUT2D eigenvalue weighted by molar-refractivity contribution is -0.147. The number of allylic oxidation sites excluding steroid dienone is 2. The van der Waals surface area contributed by atoms with E-state index in [1.807, 2.05) is 0 Å². The molecule has 0 unspecified atom stereocenters. The first kappa shape index (κ1) is 25.7. The Kier molecular flexibility index (Phi) is 16.0. The molecule has 0 atom stereocenters. The van der Waals surface area contributed by atoms with E-state index in [9.17, 15) is 9.59 Å². The normalized spacial score (nSPS) is 13.1. The summed E-state index contributed by atoms with van der Waals surface area (Å²) < 4.78 is 5.26. The molecule has 6 heteroatoms. The van der Waals surface area contributed by atoms with Gasteiger partial charge in [0.05, 0.1) is 6.54 Å². The molecule has 1 amide bonds. The van der Waals surface area contributed by atoms with Crippen LogP contribution in [-0.4, -0.2) is 30.1 Å². The number of carbonyl (C=O) groups is 2. The third kappa shape index (κ3) is 13.5. The molecule has 2 N–H and O–H groups in total. The van der Waals surface area contributed by atoms with Crippen molar-refractivity contribution >= 4 is 28.9 Å². The third-order valence-corrected chi connectivity index (χ3v) is 4.66. The molecule has 0 saturated heterocycles. The molecule has 0 bridgehead atoms. The Morgan fingerprint density at radius 2 is 1.56 bits per heavy atom. The van der Waals surface area contributed by atoms with Gasteiger partial charge in [0.1, 0.15) is 0 Å². The number of nitrogens with zero attached hydrogens (tertiary/aromatic N) is 1. The molecule has 0 aliphatic carbocycles. The Labute approximate surface area is 175 Å². The molecule has 0 saturated carbocycles. The number of primary amides is 1. The van der Waals surface area contributed by atoms with Gasteiger partial charge in [-0.1, -0.05) is 77.2 Å². The molecule has 0 fully saturated rings. The van der Waals surface area contributed by atoms with Crippen LogP contribution in [0.15, 0.2) is 23.9 Å². The van der Waals surface area contributed by atoms with E-state index in [4.69, 9.17) is 10.5 Å². The van der Waals surface area contributed by atoms with Crippen LogP contribution < -0.4 is 5.73 Å². The van der Waals surface area contributed by atoms with Gasteiger partial charge in [-0.15, -0.1) is 17.0 Å². The van der Waals surface area contributed by atoms with Crippen LogP contribution in [0.1, 0.15) is 84.0 Å². The van der Waals surface area contributed by atoms with Gasteiger partial charge in [0.15, 0.2) is 6.73 Å². The predicted octanol–water partition coefficient (Wildman–Crippen LogP) is 5.01. The molecule has 27 heavy (non-hydrogen) atoms. The fourth-order valence-electron chi connectivity index (χ4n) is 3.01. The number of hydrogen-bond donors (Lipinski definition) is 1. The van der Waals surface area contributed by atoms with Crippen LogP contribution in [0.5, 0.6) is 0 Å². The molecule has 1 rings (SSSR count). The number of unbranched alkanes of at least 4 members (excludes halogenated alkanes) is 10. The Morgan fingerprint density at radius 1 is 1.00 bits per heavy atom. The first-order valence-electron chi connectivity index (χ1n) is 10.2. The monoisotopic (exact) mass is 444 g/mol. The summed E-state index contributed by atoms with van der Waals surface area (Å²) in [6, 6.07) is 0. The van der Waals surface area contributed by atoms with Crippen LogP contribution in [0.2, 0.25) is 0 Å². The molecule has 1 heterocycles. The van der Waals surface area contributed by atoms with Crippen molar-refractivity contribution in [3.8, 4) is 0 Å².